The van der Waals surface area contributed by atoms with Gasteiger partial charge in [0.2, 0.25) is 5.12 Å². The number of carbonyl (C=O) groups excluding carboxylic acids is 3. The fraction of sp³-hybridized carbons (Fsp3) is 0.421. The van der Waals surface area contributed by atoms with Crippen molar-refractivity contribution in [2.75, 3.05) is 17.2 Å². The number of hydrogen-bond donors (Lipinski definition) is 3. The van der Waals surface area contributed by atoms with Gasteiger partial charge in [-0.05, 0) is 12.8 Å². The highest BCUT2D eigenvalue weighted by atomic mass is 32.2. The van der Waals surface area contributed by atoms with Gasteiger partial charge in [-0.15, -0.1) is 34.9 Å². The molecule has 1 unspecified atom stereocenters. The van der Waals surface area contributed by atoms with E-state index in [0.717, 1.165) is 5.75 Å². The van der Waals surface area contributed by atoms with Gasteiger partial charge in [-0.2, -0.15) is 0 Å². The Bertz CT molecular complexity index is 1050. The van der Waals surface area contributed by atoms with Crippen LogP contribution in [0.2, 0.25) is 0 Å². The minimum absolute atomic E-state index is 0.0392. The molecule has 4 N–H and O–H groups in total. The van der Waals surface area contributed by atoms with E-state index in [0.29, 0.717) is 39.9 Å². The number of amides is 2. The van der Waals surface area contributed by atoms with E-state index in [1.165, 1.54) is 51.5 Å². The number of thioether (sulfide) groups is 3. The van der Waals surface area contributed by atoms with Gasteiger partial charge in [0.05, 0.1) is 16.5 Å². The molecule has 1 aromatic heterocycles. The van der Waals surface area contributed by atoms with Crippen molar-refractivity contribution >= 4 is 80.2 Å². The number of hydrogen-bond acceptors (Lipinski definition) is 10. The summed E-state index contributed by atoms with van der Waals surface area (Å²) < 4.78 is 0. The van der Waals surface area contributed by atoms with Gasteiger partial charge >= 0.3 is 5.97 Å². The summed E-state index contributed by atoms with van der Waals surface area (Å²) in [5, 5.41) is 13.8. The molecule has 170 valence electrons. The van der Waals surface area contributed by atoms with Crippen LogP contribution in [-0.4, -0.2) is 66.1 Å². The standard InChI is InChI=1S/C19H20N4O5S4/c1-2-3-8(9-6-31-19(20)21-9)14(24)22-12-15(25)23-13(17(26)27)11(7-30-16(12)23)32-10-4-5-29-18(10)28/h3,6,10,12,16H,2,4-5,7H2,1H3,(H2,20,21)(H,22,24)(H,26,27)/b8-3-/t10?,12-,16-/m1/s1. The largest absolute Gasteiger partial charge is 0.477 e. The van der Waals surface area contributed by atoms with E-state index in [-0.39, 0.29) is 16.1 Å². The molecular formula is C19H20N4O5S4. The van der Waals surface area contributed by atoms with Crippen molar-refractivity contribution in [3.8, 4) is 0 Å². The van der Waals surface area contributed by atoms with Crippen LogP contribution < -0.4 is 11.1 Å². The van der Waals surface area contributed by atoms with Gasteiger partial charge in [0.15, 0.2) is 5.13 Å². The third-order valence-electron chi connectivity index (χ3n) is 5.05. The Balaban J connectivity index is 1.51. The fourth-order valence-electron chi connectivity index (χ4n) is 3.59. The molecule has 4 heterocycles. The van der Waals surface area contributed by atoms with Crippen LogP contribution >= 0.6 is 46.6 Å². The monoisotopic (exact) mass is 512 g/mol. The smallest absolute Gasteiger partial charge is 0.353 e. The zero-order chi connectivity index (χ0) is 23.0. The Hall–Kier alpha value is -1.96. The van der Waals surface area contributed by atoms with Crippen LogP contribution in [-0.2, 0) is 19.2 Å². The first-order chi connectivity index (χ1) is 15.3. The van der Waals surface area contributed by atoms with Gasteiger partial charge in [0.1, 0.15) is 17.1 Å². The van der Waals surface area contributed by atoms with Crippen LogP contribution in [0.5, 0.6) is 0 Å². The number of rotatable bonds is 7. The number of allylic oxidation sites excluding steroid dienone is 1. The average Bonchev–Trinajstić information content (AvgIpc) is 3.37. The third kappa shape index (κ3) is 4.30. The highest BCUT2D eigenvalue weighted by molar-refractivity contribution is 8.17. The summed E-state index contributed by atoms with van der Waals surface area (Å²) in [6, 6.07) is -0.840. The Labute approximate surface area is 200 Å². The van der Waals surface area contributed by atoms with E-state index >= 15 is 0 Å². The van der Waals surface area contributed by atoms with E-state index in [2.05, 4.69) is 10.3 Å². The molecule has 1 aromatic rings. The molecule has 13 heteroatoms. The summed E-state index contributed by atoms with van der Waals surface area (Å²) in [5.74, 6) is -1.06. The molecule has 0 aliphatic carbocycles. The van der Waals surface area contributed by atoms with Crippen LogP contribution in [0.4, 0.5) is 5.13 Å². The van der Waals surface area contributed by atoms with Crippen molar-refractivity contribution in [3.63, 3.8) is 0 Å². The number of β-lactam (4-membered cyclic amide) rings is 1. The second kappa shape index (κ2) is 9.49. The van der Waals surface area contributed by atoms with Gasteiger partial charge in [0.25, 0.3) is 11.8 Å². The number of carbonyl (C=O) groups is 4. The summed E-state index contributed by atoms with van der Waals surface area (Å²) >= 11 is 5.09. The van der Waals surface area contributed by atoms with Gasteiger partial charge in [0, 0.05) is 21.8 Å². The minimum atomic E-state index is -1.21. The quantitative estimate of drug-likeness (QED) is 0.366. The van der Waals surface area contributed by atoms with E-state index in [9.17, 15) is 24.3 Å². The van der Waals surface area contributed by atoms with Crippen molar-refractivity contribution in [1.29, 1.82) is 0 Å². The zero-order valence-electron chi connectivity index (χ0n) is 16.9. The fourth-order valence-corrected chi connectivity index (χ4v) is 8.15. The maximum atomic E-state index is 12.9. The summed E-state index contributed by atoms with van der Waals surface area (Å²) in [7, 11) is 0. The predicted molar refractivity (Wildman–Crippen MR) is 128 cm³/mol. The highest BCUT2D eigenvalue weighted by Crippen LogP contribution is 2.46. The summed E-state index contributed by atoms with van der Waals surface area (Å²) in [6.45, 7) is 1.88. The van der Waals surface area contributed by atoms with Gasteiger partial charge in [-0.25, -0.2) is 9.78 Å². The maximum Gasteiger partial charge on any atom is 0.353 e. The lowest BCUT2D eigenvalue weighted by atomic mass is 10.0. The molecule has 9 nitrogen and oxygen atoms in total. The third-order valence-corrected chi connectivity index (χ3v) is 9.70. The van der Waals surface area contributed by atoms with Crippen LogP contribution in [0.1, 0.15) is 25.5 Å². The molecule has 3 aliphatic rings. The first-order valence-electron chi connectivity index (χ1n) is 9.78. The molecule has 2 amide bonds. The molecule has 0 spiro atoms. The number of nitrogens with zero attached hydrogens (tertiary/aromatic N) is 2. The lowest BCUT2D eigenvalue weighted by Gasteiger charge is -2.49. The van der Waals surface area contributed by atoms with Gasteiger partial charge in [-0.3, -0.25) is 19.3 Å². The SMILES string of the molecule is CC/C=C(\C(=O)N[C@@H]1C(=O)N2C(C(=O)O)=C(SC3CCSC3=O)CS[C@H]12)c1csc(N)n1. The van der Waals surface area contributed by atoms with E-state index < -0.39 is 29.2 Å². The van der Waals surface area contributed by atoms with E-state index in [1.807, 2.05) is 6.92 Å². The maximum absolute atomic E-state index is 12.9. The minimum Gasteiger partial charge on any atom is -0.477 e. The molecule has 3 aliphatic heterocycles. The highest BCUT2D eigenvalue weighted by Gasteiger charge is 2.54. The first kappa shape index (κ1) is 23.2. The van der Waals surface area contributed by atoms with Crippen molar-refractivity contribution in [2.45, 2.75) is 36.4 Å². The Morgan fingerprint density at radius 3 is 2.81 bits per heavy atom. The topological polar surface area (TPSA) is 143 Å². The molecule has 0 bridgehead atoms. The van der Waals surface area contributed by atoms with Crippen molar-refractivity contribution in [3.05, 3.63) is 27.8 Å². The first-order valence-corrected chi connectivity index (χ1v) is 13.6. The van der Waals surface area contributed by atoms with Crippen LogP contribution in [0, 0.1) is 0 Å². The number of thiazole rings is 1. The normalized spacial score (nSPS) is 25.6. The molecule has 3 atom stereocenters. The number of carboxylic acid groups (broad SMARTS) is 1. The molecule has 2 fully saturated rings. The molecule has 32 heavy (non-hydrogen) atoms. The number of nitrogens with two attached hydrogens (primary N) is 1. The number of aliphatic carboxylic acids is 1. The molecule has 4 rings (SSSR count). The number of nitrogens with one attached hydrogen (secondary N) is 1. The second-order valence-electron chi connectivity index (χ2n) is 7.10. The number of carboxylic acids is 1. The number of anilines is 1. The number of fused-ring (bicyclic) bond motifs is 1. The Kier molecular flexibility index (Phi) is 6.89. The average molecular weight is 513 g/mol. The van der Waals surface area contributed by atoms with Crippen LogP contribution in [0.3, 0.4) is 0 Å². The second-order valence-corrected chi connectivity index (χ2v) is 11.5. The molecule has 0 saturated carbocycles. The van der Waals surface area contributed by atoms with E-state index in [1.54, 1.807) is 11.5 Å². The summed E-state index contributed by atoms with van der Waals surface area (Å²) in [5.41, 5.74) is 6.37. The number of aromatic nitrogens is 1. The summed E-state index contributed by atoms with van der Waals surface area (Å²) in [6.07, 6.45) is 2.99. The summed E-state index contributed by atoms with van der Waals surface area (Å²) in [4.78, 5) is 55.6. The van der Waals surface area contributed by atoms with E-state index in [4.69, 9.17) is 5.73 Å². The molecule has 2 saturated heterocycles. The van der Waals surface area contributed by atoms with Crippen molar-refractivity contribution < 1.29 is 24.3 Å². The lowest BCUT2D eigenvalue weighted by molar-refractivity contribution is -0.150. The molecule has 0 aromatic carbocycles. The van der Waals surface area contributed by atoms with Gasteiger partial charge < -0.3 is 16.2 Å². The van der Waals surface area contributed by atoms with Crippen molar-refractivity contribution in [2.24, 2.45) is 0 Å². The molecule has 0 radical (unpaired) electrons. The molecular weight excluding hydrogens is 493 g/mol. The Morgan fingerprint density at radius 2 is 2.22 bits per heavy atom. The van der Waals surface area contributed by atoms with Crippen LogP contribution in [0.25, 0.3) is 5.57 Å². The predicted octanol–water partition coefficient (Wildman–Crippen LogP) is 1.98. The zero-order valence-corrected chi connectivity index (χ0v) is 20.2. The van der Waals surface area contributed by atoms with Crippen molar-refractivity contribution in [1.82, 2.24) is 15.2 Å². The Morgan fingerprint density at radius 1 is 1.44 bits per heavy atom. The van der Waals surface area contributed by atoms with Gasteiger partial charge in [-0.1, -0.05) is 24.8 Å². The lowest BCUT2D eigenvalue weighted by Crippen LogP contribution is -2.70. The van der Waals surface area contributed by atoms with Crippen LogP contribution in [0.15, 0.2) is 22.1 Å². The number of nitrogen functional groups attached to an aromatic ring is 1.